The maximum atomic E-state index is 10.1. The van der Waals surface area contributed by atoms with Crippen molar-refractivity contribution in [3.8, 4) is 0 Å². The second-order valence-corrected chi connectivity index (χ2v) is 5.35. The first-order valence-corrected chi connectivity index (χ1v) is 7.10. The SMILES string of the molecule is Cc1ccccc1CC(O)CCCC1CCCO1. The number of ether oxygens (including phenoxy) is 1. The maximum Gasteiger partial charge on any atom is 0.0580 e. The first-order valence-electron chi connectivity index (χ1n) is 7.10. The van der Waals surface area contributed by atoms with Crippen LogP contribution in [0.4, 0.5) is 0 Å². The van der Waals surface area contributed by atoms with Gasteiger partial charge in [0.15, 0.2) is 0 Å². The van der Waals surface area contributed by atoms with Crippen LogP contribution in [0.2, 0.25) is 0 Å². The summed E-state index contributed by atoms with van der Waals surface area (Å²) in [5.41, 5.74) is 2.54. The fraction of sp³-hybridized carbons (Fsp3) is 0.625. The van der Waals surface area contributed by atoms with Gasteiger partial charge in [-0.05, 0) is 56.6 Å². The van der Waals surface area contributed by atoms with E-state index in [4.69, 9.17) is 4.74 Å². The van der Waals surface area contributed by atoms with Crippen molar-refractivity contribution in [1.82, 2.24) is 0 Å². The molecule has 1 fully saturated rings. The molecule has 18 heavy (non-hydrogen) atoms. The Morgan fingerprint density at radius 3 is 2.94 bits per heavy atom. The zero-order valence-electron chi connectivity index (χ0n) is 11.3. The molecule has 1 heterocycles. The molecule has 0 radical (unpaired) electrons. The molecule has 1 saturated heterocycles. The van der Waals surface area contributed by atoms with Crippen LogP contribution in [0.5, 0.6) is 0 Å². The Kier molecular flexibility index (Phi) is 5.21. The van der Waals surface area contributed by atoms with Gasteiger partial charge in [0, 0.05) is 6.61 Å². The van der Waals surface area contributed by atoms with Crippen molar-refractivity contribution in [2.45, 2.75) is 57.7 Å². The fourth-order valence-electron chi connectivity index (χ4n) is 2.65. The maximum absolute atomic E-state index is 10.1. The van der Waals surface area contributed by atoms with Gasteiger partial charge in [-0.1, -0.05) is 24.3 Å². The van der Waals surface area contributed by atoms with Crippen LogP contribution in [0.3, 0.4) is 0 Å². The third-order valence-corrected chi connectivity index (χ3v) is 3.80. The minimum Gasteiger partial charge on any atom is -0.393 e. The van der Waals surface area contributed by atoms with E-state index in [9.17, 15) is 5.11 Å². The molecule has 1 aliphatic heterocycles. The third kappa shape index (κ3) is 4.11. The molecule has 100 valence electrons. The largest absolute Gasteiger partial charge is 0.393 e. The Morgan fingerprint density at radius 2 is 2.22 bits per heavy atom. The zero-order valence-corrected chi connectivity index (χ0v) is 11.3. The molecule has 2 heteroatoms. The van der Waals surface area contributed by atoms with E-state index >= 15 is 0 Å². The lowest BCUT2D eigenvalue weighted by Crippen LogP contribution is -2.13. The van der Waals surface area contributed by atoms with Crippen LogP contribution in [0, 0.1) is 6.92 Å². The highest BCUT2D eigenvalue weighted by Crippen LogP contribution is 2.19. The Balaban J connectivity index is 1.68. The molecule has 0 aromatic heterocycles. The molecule has 2 nitrogen and oxygen atoms in total. The summed E-state index contributed by atoms with van der Waals surface area (Å²) < 4.78 is 5.59. The number of hydrogen-bond donors (Lipinski definition) is 1. The predicted molar refractivity (Wildman–Crippen MR) is 73.7 cm³/mol. The number of aliphatic hydroxyl groups is 1. The Hall–Kier alpha value is -0.860. The molecule has 1 aromatic carbocycles. The van der Waals surface area contributed by atoms with E-state index in [-0.39, 0.29) is 6.10 Å². The van der Waals surface area contributed by atoms with Gasteiger partial charge in [0.1, 0.15) is 0 Å². The van der Waals surface area contributed by atoms with Gasteiger partial charge in [-0.15, -0.1) is 0 Å². The molecule has 1 N–H and O–H groups in total. The number of benzene rings is 1. The highest BCUT2D eigenvalue weighted by molar-refractivity contribution is 5.26. The molecule has 0 saturated carbocycles. The van der Waals surface area contributed by atoms with Crippen molar-refractivity contribution in [3.05, 3.63) is 35.4 Å². The normalized spacial score (nSPS) is 21.1. The number of aryl methyl sites for hydroxylation is 1. The van der Waals surface area contributed by atoms with Gasteiger partial charge in [0.05, 0.1) is 12.2 Å². The predicted octanol–water partition coefficient (Wildman–Crippen LogP) is 3.25. The van der Waals surface area contributed by atoms with Crippen LogP contribution in [0.25, 0.3) is 0 Å². The van der Waals surface area contributed by atoms with Crippen LogP contribution in [-0.4, -0.2) is 23.9 Å². The molecule has 2 atom stereocenters. The minimum absolute atomic E-state index is 0.215. The standard InChI is InChI=1S/C16H24O2/c1-13-6-2-3-7-14(13)12-15(17)8-4-9-16-10-5-11-18-16/h2-3,6-7,15-17H,4-5,8-12H2,1H3. The van der Waals surface area contributed by atoms with Gasteiger partial charge in [-0.25, -0.2) is 0 Å². The van der Waals surface area contributed by atoms with Gasteiger partial charge < -0.3 is 9.84 Å². The van der Waals surface area contributed by atoms with Crippen molar-refractivity contribution >= 4 is 0 Å². The summed E-state index contributed by atoms with van der Waals surface area (Å²) in [6.45, 7) is 3.03. The molecular formula is C16H24O2. The van der Waals surface area contributed by atoms with Gasteiger partial charge in [0.2, 0.25) is 0 Å². The summed E-state index contributed by atoms with van der Waals surface area (Å²) >= 11 is 0. The summed E-state index contributed by atoms with van der Waals surface area (Å²) in [5.74, 6) is 0. The van der Waals surface area contributed by atoms with Crippen molar-refractivity contribution < 1.29 is 9.84 Å². The highest BCUT2D eigenvalue weighted by atomic mass is 16.5. The second kappa shape index (κ2) is 6.91. The summed E-state index contributed by atoms with van der Waals surface area (Å²) in [6, 6.07) is 8.30. The molecule has 0 bridgehead atoms. The van der Waals surface area contributed by atoms with Crippen LogP contribution in [0.1, 0.15) is 43.2 Å². The highest BCUT2D eigenvalue weighted by Gasteiger charge is 2.15. The van der Waals surface area contributed by atoms with Crippen LogP contribution in [-0.2, 0) is 11.2 Å². The van der Waals surface area contributed by atoms with Crippen LogP contribution >= 0.6 is 0 Å². The zero-order chi connectivity index (χ0) is 12.8. The van der Waals surface area contributed by atoms with Gasteiger partial charge in [0.25, 0.3) is 0 Å². The van der Waals surface area contributed by atoms with E-state index in [0.29, 0.717) is 6.10 Å². The van der Waals surface area contributed by atoms with Crippen molar-refractivity contribution in [1.29, 1.82) is 0 Å². The molecule has 0 amide bonds. The summed E-state index contributed by atoms with van der Waals surface area (Å²) in [6.07, 6.45) is 6.47. The number of hydrogen-bond acceptors (Lipinski definition) is 2. The van der Waals surface area contributed by atoms with E-state index in [1.165, 1.54) is 24.0 Å². The summed E-state index contributed by atoms with van der Waals surface area (Å²) in [7, 11) is 0. The molecule has 1 aromatic rings. The number of rotatable bonds is 6. The van der Waals surface area contributed by atoms with E-state index in [2.05, 4.69) is 19.1 Å². The topological polar surface area (TPSA) is 29.5 Å². The summed E-state index contributed by atoms with van der Waals surface area (Å²) in [4.78, 5) is 0. The van der Waals surface area contributed by atoms with Crippen molar-refractivity contribution in [3.63, 3.8) is 0 Å². The molecule has 2 unspecified atom stereocenters. The monoisotopic (exact) mass is 248 g/mol. The minimum atomic E-state index is -0.215. The van der Waals surface area contributed by atoms with E-state index < -0.39 is 0 Å². The Bertz CT molecular complexity index is 356. The van der Waals surface area contributed by atoms with Crippen LogP contribution < -0.4 is 0 Å². The number of aliphatic hydroxyl groups excluding tert-OH is 1. The third-order valence-electron chi connectivity index (χ3n) is 3.80. The molecular weight excluding hydrogens is 224 g/mol. The fourth-order valence-corrected chi connectivity index (χ4v) is 2.65. The quantitative estimate of drug-likeness (QED) is 0.837. The Labute approximate surface area is 110 Å². The average Bonchev–Trinajstić information content (AvgIpc) is 2.85. The van der Waals surface area contributed by atoms with E-state index in [1.807, 2.05) is 12.1 Å². The molecule has 2 rings (SSSR count). The molecule has 0 spiro atoms. The van der Waals surface area contributed by atoms with Crippen molar-refractivity contribution in [2.24, 2.45) is 0 Å². The lowest BCUT2D eigenvalue weighted by atomic mass is 9.99. The second-order valence-electron chi connectivity index (χ2n) is 5.35. The average molecular weight is 248 g/mol. The van der Waals surface area contributed by atoms with E-state index in [1.54, 1.807) is 0 Å². The first-order chi connectivity index (χ1) is 8.75. The van der Waals surface area contributed by atoms with Crippen molar-refractivity contribution in [2.75, 3.05) is 6.61 Å². The van der Waals surface area contributed by atoms with Gasteiger partial charge in [-0.3, -0.25) is 0 Å². The lowest BCUT2D eigenvalue weighted by Gasteiger charge is -2.14. The van der Waals surface area contributed by atoms with E-state index in [0.717, 1.165) is 32.3 Å². The Morgan fingerprint density at radius 1 is 1.39 bits per heavy atom. The van der Waals surface area contributed by atoms with Gasteiger partial charge >= 0.3 is 0 Å². The van der Waals surface area contributed by atoms with Crippen LogP contribution in [0.15, 0.2) is 24.3 Å². The molecule has 1 aliphatic rings. The smallest absolute Gasteiger partial charge is 0.0580 e. The first kappa shape index (κ1) is 13.6. The summed E-state index contributed by atoms with van der Waals surface area (Å²) in [5, 5.41) is 10.1. The van der Waals surface area contributed by atoms with Gasteiger partial charge in [-0.2, -0.15) is 0 Å². The lowest BCUT2D eigenvalue weighted by molar-refractivity contribution is 0.0945. The molecule has 0 aliphatic carbocycles.